The van der Waals surface area contributed by atoms with Gasteiger partial charge in [0.1, 0.15) is 0 Å². The largest absolute Gasteiger partial charge is 0.357 e. The van der Waals surface area contributed by atoms with Crippen LogP contribution in [0.4, 0.5) is 0 Å². The Kier molecular flexibility index (Phi) is 7.75. The number of rotatable bonds is 7. The summed E-state index contributed by atoms with van der Waals surface area (Å²) in [4.78, 5) is 7.37. The molecule has 1 aromatic heterocycles. The average molecular weight is 349 g/mol. The summed E-state index contributed by atoms with van der Waals surface area (Å²) >= 11 is 0. The van der Waals surface area contributed by atoms with Gasteiger partial charge in [-0.1, -0.05) is 6.92 Å². The Morgan fingerprint density at radius 3 is 2.48 bits per heavy atom. The average Bonchev–Trinajstić information content (AvgIpc) is 2.84. The maximum atomic E-state index is 4.78. The van der Waals surface area contributed by atoms with Crippen LogP contribution in [0.5, 0.6) is 0 Å². The molecule has 2 rings (SSSR count). The number of nitrogens with zero attached hydrogens (tertiary/aromatic N) is 4. The Morgan fingerprint density at radius 2 is 1.92 bits per heavy atom. The predicted molar refractivity (Wildman–Crippen MR) is 105 cm³/mol. The normalized spacial score (nSPS) is 17.1. The van der Waals surface area contributed by atoms with Gasteiger partial charge in [0, 0.05) is 31.4 Å². The van der Waals surface area contributed by atoms with E-state index in [1.54, 1.807) is 0 Å². The van der Waals surface area contributed by atoms with Crippen LogP contribution in [-0.4, -0.2) is 53.4 Å². The smallest absolute Gasteiger partial charge is 0.191 e. The number of aliphatic imine (C=N–C) groups is 1. The van der Waals surface area contributed by atoms with Gasteiger partial charge in [0.2, 0.25) is 0 Å². The Bertz CT molecular complexity index is 555. The van der Waals surface area contributed by atoms with Crippen molar-refractivity contribution in [3.63, 3.8) is 0 Å². The monoisotopic (exact) mass is 348 g/mol. The number of hydrogen-bond donors (Lipinski definition) is 2. The molecule has 0 atom stereocenters. The molecular weight excluding hydrogens is 312 g/mol. The molecule has 0 bridgehead atoms. The fourth-order valence-electron chi connectivity index (χ4n) is 3.52. The van der Waals surface area contributed by atoms with E-state index >= 15 is 0 Å². The van der Waals surface area contributed by atoms with Gasteiger partial charge >= 0.3 is 0 Å². The molecule has 0 unspecified atom stereocenters. The molecular formula is C19H36N6. The number of aromatic nitrogens is 2. The Balaban J connectivity index is 1.86. The zero-order chi connectivity index (χ0) is 18.2. The minimum Gasteiger partial charge on any atom is -0.357 e. The van der Waals surface area contributed by atoms with Gasteiger partial charge in [-0.15, -0.1) is 0 Å². The van der Waals surface area contributed by atoms with Gasteiger partial charge in [-0.2, -0.15) is 5.10 Å². The molecule has 0 aromatic carbocycles. The summed E-state index contributed by atoms with van der Waals surface area (Å²) in [5, 5.41) is 11.4. The zero-order valence-electron chi connectivity index (χ0n) is 16.7. The van der Waals surface area contributed by atoms with Crippen LogP contribution in [0.2, 0.25) is 0 Å². The molecule has 1 fully saturated rings. The molecule has 1 aliphatic rings. The molecule has 1 aliphatic heterocycles. The molecule has 0 aliphatic carbocycles. The summed E-state index contributed by atoms with van der Waals surface area (Å²) in [7, 11) is 1.99. The van der Waals surface area contributed by atoms with E-state index in [9.17, 15) is 0 Å². The molecule has 2 N–H and O–H groups in total. The summed E-state index contributed by atoms with van der Waals surface area (Å²) < 4.78 is 1.94. The molecule has 2 heterocycles. The van der Waals surface area contributed by atoms with Crippen molar-refractivity contribution in [1.29, 1.82) is 0 Å². The summed E-state index contributed by atoms with van der Waals surface area (Å²) in [6.45, 7) is 14.8. The number of piperidine rings is 1. The third kappa shape index (κ3) is 5.73. The van der Waals surface area contributed by atoms with Crippen LogP contribution in [0.15, 0.2) is 4.99 Å². The molecule has 0 spiro atoms. The van der Waals surface area contributed by atoms with E-state index < -0.39 is 0 Å². The molecule has 0 saturated carbocycles. The molecule has 6 heteroatoms. The Labute approximate surface area is 153 Å². The number of nitrogens with one attached hydrogen (secondary N) is 2. The SMILES string of the molecule is CCCN1CCC(CNC(=NCc2c(C)nn(C)c2C)NCC)CC1. The number of guanidine groups is 1. The quantitative estimate of drug-likeness (QED) is 0.586. The van der Waals surface area contributed by atoms with E-state index in [1.807, 2.05) is 11.7 Å². The van der Waals surface area contributed by atoms with Crippen molar-refractivity contribution in [3.8, 4) is 0 Å². The lowest BCUT2D eigenvalue weighted by atomic mass is 9.97. The van der Waals surface area contributed by atoms with Crippen molar-refractivity contribution in [2.75, 3.05) is 32.7 Å². The maximum Gasteiger partial charge on any atom is 0.191 e. The van der Waals surface area contributed by atoms with Crippen LogP contribution in [0.3, 0.4) is 0 Å². The van der Waals surface area contributed by atoms with Gasteiger partial charge in [-0.25, -0.2) is 4.99 Å². The Morgan fingerprint density at radius 1 is 1.20 bits per heavy atom. The summed E-state index contributed by atoms with van der Waals surface area (Å²) in [5.74, 6) is 1.67. The lowest BCUT2D eigenvalue weighted by Gasteiger charge is -2.32. The maximum absolute atomic E-state index is 4.78. The standard InChI is InChI=1S/C19H36N6/c1-6-10-25-11-8-17(9-12-25)13-21-19(20-7-2)22-14-18-15(3)23-24(5)16(18)4/h17H,6-14H2,1-5H3,(H2,20,21,22). The fraction of sp³-hybridized carbons (Fsp3) is 0.789. The van der Waals surface area contributed by atoms with E-state index in [0.29, 0.717) is 6.54 Å². The third-order valence-electron chi connectivity index (χ3n) is 5.20. The molecule has 1 saturated heterocycles. The minimum atomic E-state index is 0.676. The summed E-state index contributed by atoms with van der Waals surface area (Å²) in [6, 6.07) is 0. The number of likely N-dealkylation sites (tertiary alicyclic amines) is 1. The van der Waals surface area contributed by atoms with E-state index in [0.717, 1.165) is 30.7 Å². The van der Waals surface area contributed by atoms with Crippen LogP contribution < -0.4 is 10.6 Å². The van der Waals surface area contributed by atoms with Crippen molar-refractivity contribution < 1.29 is 0 Å². The molecule has 0 amide bonds. The van der Waals surface area contributed by atoms with Crippen LogP contribution in [-0.2, 0) is 13.6 Å². The van der Waals surface area contributed by atoms with Crippen molar-refractivity contribution in [2.24, 2.45) is 18.0 Å². The highest BCUT2D eigenvalue weighted by Crippen LogP contribution is 2.16. The van der Waals surface area contributed by atoms with E-state index in [1.165, 1.54) is 50.2 Å². The first-order chi connectivity index (χ1) is 12.0. The highest BCUT2D eigenvalue weighted by molar-refractivity contribution is 5.79. The third-order valence-corrected chi connectivity index (χ3v) is 5.20. The van der Waals surface area contributed by atoms with E-state index in [2.05, 4.69) is 48.3 Å². The van der Waals surface area contributed by atoms with E-state index in [4.69, 9.17) is 4.99 Å². The van der Waals surface area contributed by atoms with Gasteiger partial charge in [0.05, 0.1) is 12.2 Å². The summed E-state index contributed by atoms with van der Waals surface area (Å²) in [5.41, 5.74) is 3.50. The Hall–Kier alpha value is -1.56. The molecule has 25 heavy (non-hydrogen) atoms. The lowest BCUT2D eigenvalue weighted by molar-refractivity contribution is 0.185. The topological polar surface area (TPSA) is 57.5 Å². The van der Waals surface area contributed by atoms with Crippen molar-refractivity contribution in [2.45, 2.75) is 53.5 Å². The van der Waals surface area contributed by atoms with Crippen LogP contribution in [0, 0.1) is 19.8 Å². The van der Waals surface area contributed by atoms with E-state index in [-0.39, 0.29) is 0 Å². The lowest BCUT2D eigenvalue weighted by Crippen LogP contribution is -2.43. The van der Waals surface area contributed by atoms with Gasteiger partial charge in [0.15, 0.2) is 5.96 Å². The molecule has 142 valence electrons. The van der Waals surface area contributed by atoms with Crippen LogP contribution in [0.25, 0.3) is 0 Å². The summed E-state index contributed by atoms with van der Waals surface area (Å²) in [6.07, 6.45) is 3.83. The van der Waals surface area contributed by atoms with Gasteiger partial charge < -0.3 is 15.5 Å². The van der Waals surface area contributed by atoms with Crippen molar-refractivity contribution in [1.82, 2.24) is 25.3 Å². The van der Waals surface area contributed by atoms with Crippen LogP contribution in [0.1, 0.15) is 50.1 Å². The van der Waals surface area contributed by atoms with Gasteiger partial charge in [-0.3, -0.25) is 4.68 Å². The molecule has 1 aromatic rings. The first-order valence-corrected chi connectivity index (χ1v) is 9.78. The number of hydrogen-bond acceptors (Lipinski definition) is 3. The fourth-order valence-corrected chi connectivity index (χ4v) is 3.52. The highest BCUT2D eigenvalue weighted by atomic mass is 15.3. The molecule has 6 nitrogen and oxygen atoms in total. The highest BCUT2D eigenvalue weighted by Gasteiger charge is 2.18. The van der Waals surface area contributed by atoms with Crippen molar-refractivity contribution in [3.05, 3.63) is 17.0 Å². The minimum absolute atomic E-state index is 0.676. The second-order valence-corrected chi connectivity index (χ2v) is 7.13. The number of aryl methyl sites for hydroxylation is 2. The van der Waals surface area contributed by atoms with Gasteiger partial charge in [0.25, 0.3) is 0 Å². The first kappa shape index (κ1) is 19.8. The second kappa shape index (κ2) is 9.80. The first-order valence-electron chi connectivity index (χ1n) is 9.78. The zero-order valence-corrected chi connectivity index (χ0v) is 16.7. The molecule has 0 radical (unpaired) electrons. The second-order valence-electron chi connectivity index (χ2n) is 7.13. The van der Waals surface area contributed by atoms with Crippen molar-refractivity contribution >= 4 is 5.96 Å². The van der Waals surface area contributed by atoms with Gasteiger partial charge in [-0.05, 0) is 65.6 Å². The van der Waals surface area contributed by atoms with Crippen LogP contribution >= 0.6 is 0 Å². The predicted octanol–water partition coefficient (Wildman–Crippen LogP) is 2.21.